The van der Waals surface area contributed by atoms with E-state index in [4.69, 9.17) is 4.74 Å². The molecule has 1 aliphatic carbocycles. The molecule has 5 nitrogen and oxygen atoms in total. The Hall–Kier alpha value is -0.590. The SMILES string of the molecule is CC1CC(OCC(O)CSc2nncn2C)CC(C)(C)C1. The zero-order valence-electron chi connectivity index (χ0n) is 13.5. The van der Waals surface area contributed by atoms with Crippen LogP contribution in [0.15, 0.2) is 11.5 Å². The molecule has 3 atom stereocenters. The first-order valence-electron chi connectivity index (χ1n) is 7.62. The van der Waals surface area contributed by atoms with E-state index in [0.717, 1.165) is 18.0 Å². The molecular weight excluding hydrogens is 286 g/mol. The van der Waals surface area contributed by atoms with Gasteiger partial charge in [0.2, 0.25) is 0 Å². The first-order chi connectivity index (χ1) is 9.85. The average Bonchev–Trinajstić information content (AvgIpc) is 2.77. The van der Waals surface area contributed by atoms with Crippen LogP contribution in [0.1, 0.15) is 40.0 Å². The van der Waals surface area contributed by atoms with Crippen molar-refractivity contribution in [2.24, 2.45) is 18.4 Å². The molecule has 1 heterocycles. The van der Waals surface area contributed by atoms with Gasteiger partial charge in [0.15, 0.2) is 5.16 Å². The summed E-state index contributed by atoms with van der Waals surface area (Å²) in [5, 5.41) is 18.7. The quantitative estimate of drug-likeness (QED) is 0.818. The predicted molar refractivity (Wildman–Crippen MR) is 84.3 cm³/mol. The summed E-state index contributed by atoms with van der Waals surface area (Å²) in [5.41, 5.74) is 0.348. The van der Waals surface area contributed by atoms with Crippen molar-refractivity contribution >= 4 is 11.8 Å². The van der Waals surface area contributed by atoms with E-state index in [2.05, 4.69) is 31.0 Å². The molecule has 0 bridgehead atoms. The van der Waals surface area contributed by atoms with Crippen molar-refractivity contribution < 1.29 is 9.84 Å². The number of thioether (sulfide) groups is 1. The van der Waals surface area contributed by atoms with Crippen molar-refractivity contribution in [3.05, 3.63) is 6.33 Å². The van der Waals surface area contributed by atoms with E-state index in [1.54, 1.807) is 6.33 Å². The number of nitrogens with zero attached hydrogens (tertiary/aromatic N) is 3. The number of rotatable bonds is 6. The molecule has 0 amide bonds. The van der Waals surface area contributed by atoms with Gasteiger partial charge in [0.25, 0.3) is 0 Å². The fraction of sp³-hybridized carbons (Fsp3) is 0.867. The number of aromatic nitrogens is 3. The van der Waals surface area contributed by atoms with Gasteiger partial charge in [-0.1, -0.05) is 32.5 Å². The van der Waals surface area contributed by atoms with Crippen LogP contribution in [0.3, 0.4) is 0 Å². The van der Waals surface area contributed by atoms with E-state index in [0.29, 0.717) is 23.7 Å². The van der Waals surface area contributed by atoms with Crippen LogP contribution in [-0.2, 0) is 11.8 Å². The molecule has 0 spiro atoms. The molecule has 0 aromatic carbocycles. The van der Waals surface area contributed by atoms with E-state index in [9.17, 15) is 5.11 Å². The smallest absolute Gasteiger partial charge is 0.190 e. The monoisotopic (exact) mass is 313 g/mol. The Morgan fingerprint density at radius 1 is 1.52 bits per heavy atom. The summed E-state index contributed by atoms with van der Waals surface area (Å²) in [6.45, 7) is 7.30. The zero-order valence-corrected chi connectivity index (χ0v) is 14.3. The van der Waals surface area contributed by atoms with Crippen LogP contribution in [0.5, 0.6) is 0 Å². The van der Waals surface area contributed by atoms with Gasteiger partial charge in [-0.05, 0) is 30.6 Å². The summed E-state index contributed by atoms with van der Waals surface area (Å²) in [4.78, 5) is 0. The Morgan fingerprint density at radius 2 is 2.29 bits per heavy atom. The van der Waals surface area contributed by atoms with Gasteiger partial charge < -0.3 is 14.4 Å². The summed E-state index contributed by atoms with van der Waals surface area (Å²) in [6, 6.07) is 0. The first kappa shape index (κ1) is 16.8. The lowest BCUT2D eigenvalue weighted by Gasteiger charge is -2.39. The van der Waals surface area contributed by atoms with E-state index in [1.807, 2.05) is 11.6 Å². The van der Waals surface area contributed by atoms with Gasteiger partial charge in [-0.25, -0.2) is 0 Å². The number of ether oxygens (including phenoxy) is 1. The number of hydrogen-bond acceptors (Lipinski definition) is 5. The Kier molecular flexibility index (Phi) is 5.68. The highest BCUT2D eigenvalue weighted by molar-refractivity contribution is 7.99. The lowest BCUT2D eigenvalue weighted by atomic mass is 9.71. The van der Waals surface area contributed by atoms with Gasteiger partial charge in [0.05, 0.1) is 18.8 Å². The van der Waals surface area contributed by atoms with Crippen LogP contribution >= 0.6 is 11.8 Å². The first-order valence-corrected chi connectivity index (χ1v) is 8.61. The lowest BCUT2D eigenvalue weighted by molar-refractivity contribution is -0.0508. The van der Waals surface area contributed by atoms with Crippen molar-refractivity contribution in [2.75, 3.05) is 12.4 Å². The molecule has 1 N–H and O–H groups in total. The number of aryl methyl sites for hydroxylation is 1. The summed E-state index contributed by atoms with van der Waals surface area (Å²) in [5.74, 6) is 1.28. The molecule has 2 rings (SSSR count). The number of aliphatic hydroxyl groups is 1. The maximum Gasteiger partial charge on any atom is 0.190 e. The fourth-order valence-corrected chi connectivity index (χ4v) is 4.05. The minimum Gasteiger partial charge on any atom is -0.390 e. The molecule has 0 aliphatic heterocycles. The fourth-order valence-electron chi connectivity index (χ4n) is 3.25. The molecular formula is C15H27N3O2S. The second-order valence-corrected chi connectivity index (χ2v) is 8.05. The van der Waals surface area contributed by atoms with Crippen molar-refractivity contribution in [2.45, 2.75) is 57.4 Å². The van der Waals surface area contributed by atoms with E-state index in [-0.39, 0.29) is 6.10 Å². The van der Waals surface area contributed by atoms with Gasteiger partial charge >= 0.3 is 0 Å². The number of hydrogen-bond donors (Lipinski definition) is 1. The molecule has 0 saturated heterocycles. The minimum absolute atomic E-state index is 0.276. The highest BCUT2D eigenvalue weighted by atomic mass is 32.2. The van der Waals surface area contributed by atoms with Crippen LogP contribution in [0.4, 0.5) is 0 Å². The third-order valence-electron chi connectivity index (χ3n) is 3.95. The van der Waals surface area contributed by atoms with Crippen LogP contribution in [0, 0.1) is 11.3 Å². The van der Waals surface area contributed by atoms with Gasteiger partial charge in [0, 0.05) is 12.8 Å². The van der Waals surface area contributed by atoms with Crippen LogP contribution in [0.25, 0.3) is 0 Å². The van der Waals surface area contributed by atoms with Crippen molar-refractivity contribution in [1.29, 1.82) is 0 Å². The van der Waals surface area contributed by atoms with Gasteiger partial charge in [-0.2, -0.15) is 0 Å². The van der Waals surface area contributed by atoms with Gasteiger partial charge in [-0.3, -0.25) is 0 Å². The van der Waals surface area contributed by atoms with Crippen LogP contribution < -0.4 is 0 Å². The minimum atomic E-state index is -0.466. The highest BCUT2D eigenvalue weighted by Gasteiger charge is 2.32. The number of aliphatic hydroxyl groups excluding tert-OH is 1. The van der Waals surface area contributed by atoms with E-state index >= 15 is 0 Å². The van der Waals surface area contributed by atoms with Crippen LogP contribution in [0.2, 0.25) is 0 Å². The molecule has 0 radical (unpaired) electrons. The largest absolute Gasteiger partial charge is 0.390 e. The molecule has 6 heteroatoms. The molecule has 1 aliphatic rings. The zero-order chi connectivity index (χ0) is 15.5. The Morgan fingerprint density at radius 3 is 2.90 bits per heavy atom. The molecule has 3 unspecified atom stereocenters. The average molecular weight is 313 g/mol. The Bertz CT molecular complexity index is 450. The second kappa shape index (κ2) is 7.11. The van der Waals surface area contributed by atoms with E-state index < -0.39 is 6.10 Å². The Balaban J connectivity index is 1.71. The molecule has 1 fully saturated rings. The summed E-state index contributed by atoms with van der Waals surface area (Å²) in [6.07, 6.45) is 4.92. The summed E-state index contributed by atoms with van der Waals surface area (Å²) >= 11 is 1.51. The van der Waals surface area contributed by atoms with Crippen molar-refractivity contribution in [3.63, 3.8) is 0 Å². The summed E-state index contributed by atoms with van der Waals surface area (Å²) in [7, 11) is 1.90. The predicted octanol–water partition coefficient (Wildman–Crippen LogP) is 2.50. The van der Waals surface area contributed by atoms with Gasteiger partial charge in [-0.15, -0.1) is 10.2 Å². The highest BCUT2D eigenvalue weighted by Crippen LogP contribution is 2.39. The van der Waals surface area contributed by atoms with Crippen molar-refractivity contribution in [1.82, 2.24) is 14.8 Å². The van der Waals surface area contributed by atoms with Gasteiger partial charge in [0.1, 0.15) is 6.33 Å². The topological polar surface area (TPSA) is 60.2 Å². The normalized spacial score (nSPS) is 26.7. The Labute approximate surface area is 131 Å². The maximum absolute atomic E-state index is 10.1. The lowest BCUT2D eigenvalue weighted by Crippen LogP contribution is -2.34. The summed E-state index contributed by atoms with van der Waals surface area (Å²) < 4.78 is 7.80. The molecule has 1 aromatic rings. The third-order valence-corrected chi connectivity index (χ3v) is 5.12. The van der Waals surface area contributed by atoms with E-state index in [1.165, 1.54) is 18.2 Å². The molecule has 1 saturated carbocycles. The van der Waals surface area contributed by atoms with Crippen LogP contribution in [-0.4, -0.2) is 44.4 Å². The second-order valence-electron chi connectivity index (χ2n) is 7.06. The third kappa shape index (κ3) is 5.27. The molecule has 21 heavy (non-hydrogen) atoms. The standard InChI is InChI=1S/C15H27N3O2S/c1-11-5-13(7-15(2,3)6-11)20-8-12(19)9-21-14-17-16-10-18(14)4/h10-13,19H,5-9H2,1-4H3. The van der Waals surface area contributed by atoms with Crippen molar-refractivity contribution in [3.8, 4) is 0 Å². The molecule has 120 valence electrons. The maximum atomic E-state index is 10.1. The molecule has 1 aromatic heterocycles.